The van der Waals surface area contributed by atoms with Crippen molar-refractivity contribution < 1.29 is 9.21 Å². The van der Waals surface area contributed by atoms with E-state index in [2.05, 4.69) is 25.7 Å². The number of likely N-dealkylation sites (tertiary alicyclic amines) is 1. The van der Waals surface area contributed by atoms with Crippen LogP contribution in [-0.4, -0.2) is 50.3 Å². The Kier molecular flexibility index (Phi) is 3.54. The second-order valence-electron chi connectivity index (χ2n) is 7.41. The first-order valence-corrected chi connectivity index (χ1v) is 9.13. The van der Waals surface area contributed by atoms with Crippen molar-refractivity contribution in [3.63, 3.8) is 0 Å². The van der Waals surface area contributed by atoms with E-state index in [0.29, 0.717) is 36.5 Å². The van der Waals surface area contributed by atoms with Crippen LogP contribution in [0.1, 0.15) is 40.9 Å². The summed E-state index contributed by atoms with van der Waals surface area (Å²) in [5.74, 6) is 0.617. The smallest absolute Gasteiger partial charge is 0.315 e. The van der Waals surface area contributed by atoms with Crippen molar-refractivity contribution in [3.8, 4) is 0 Å². The third kappa shape index (κ3) is 2.41. The van der Waals surface area contributed by atoms with Crippen molar-refractivity contribution in [1.29, 1.82) is 0 Å². The van der Waals surface area contributed by atoms with Gasteiger partial charge in [-0.15, -0.1) is 5.10 Å². The highest BCUT2D eigenvalue weighted by atomic mass is 16.4. The summed E-state index contributed by atoms with van der Waals surface area (Å²) in [5.41, 5.74) is 1.64. The number of rotatable bonds is 3. The minimum absolute atomic E-state index is 0.155. The van der Waals surface area contributed by atoms with Crippen LogP contribution in [0, 0.1) is 11.8 Å². The van der Waals surface area contributed by atoms with E-state index in [-0.39, 0.29) is 17.5 Å². The molecule has 1 saturated heterocycles. The fourth-order valence-electron chi connectivity index (χ4n) is 4.82. The molecule has 2 aromatic rings. The van der Waals surface area contributed by atoms with Crippen LogP contribution >= 0.6 is 0 Å². The molecule has 3 aliphatic rings. The number of nitrogens with zero attached hydrogens (tertiary/aromatic N) is 4. The maximum Gasteiger partial charge on any atom is 0.315 e. The lowest BCUT2D eigenvalue weighted by molar-refractivity contribution is 0.0777. The highest BCUT2D eigenvalue weighted by molar-refractivity contribution is 5.95. The van der Waals surface area contributed by atoms with Gasteiger partial charge in [-0.3, -0.25) is 9.59 Å². The predicted octanol–water partition coefficient (Wildman–Crippen LogP) is 0.604. The Bertz CT molecular complexity index is 892. The molecule has 2 N–H and O–H groups in total. The van der Waals surface area contributed by atoms with Gasteiger partial charge >= 0.3 is 6.01 Å². The number of nitrogens with one attached hydrogen (secondary N) is 2. The van der Waals surface area contributed by atoms with Gasteiger partial charge in [-0.05, 0) is 43.6 Å². The summed E-state index contributed by atoms with van der Waals surface area (Å²) in [6.45, 7) is 1.34. The molecule has 2 aromatic heterocycles. The Labute approximate surface area is 149 Å². The lowest BCUT2D eigenvalue weighted by Gasteiger charge is -2.21. The second kappa shape index (κ2) is 5.93. The number of aromatic amines is 1. The van der Waals surface area contributed by atoms with E-state index < -0.39 is 0 Å². The van der Waals surface area contributed by atoms with Gasteiger partial charge < -0.3 is 14.6 Å². The number of hydrogen-bond acceptors (Lipinski definition) is 7. The molecule has 26 heavy (non-hydrogen) atoms. The van der Waals surface area contributed by atoms with Crippen molar-refractivity contribution in [2.75, 3.05) is 18.4 Å². The van der Waals surface area contributed by atoms with E-state index in [9.17, 15) is 9.59 Å². The van der Waals surface area contributed by atoms with Crippen LogP contribution in [0.5, 0.6) is 0 Å². The van der Waals surface area contributed by atoms with Crippen molar-refractivity contribution in [3.05, 3.63) is 33.6 Å². The largest absolute Gasteiger partial charge is 0.411 e. The zero-order valence-electron chi connectivity index (χ0n) is 14.3. The summed E-state index contributed by atoms with van der Waals surface area (Å²) in [6.07, 6.45) is 5.90. The molecule has 0 bridgehead atoms. The molecule has 1 saturated carbocycles. The molecule has 5 rings (SSSR count). The Balaban J connectivity index is 1.36. The van der Waals surface area contributed by atoms with E-state index >= 15 is 0 Å². The lowest BCUT2D eigenvalue weighted by atomic mass is 9.98. The summed E-state index contributed by atoms with van der Waals surface area (Å²) in [4.78, 5) is 27.2. The van der Waals surface area contributed by atoms with Crippen molar-refractivity contribution in [2.45, 2.75) is 38.1 Å². The average Bonchev–Trinajstić information content (AvgIpc) is 3.40. The summed E-state index contributed by atoms with van der Waals surface area (Å²) < 4.78 is 5.19. The topological polar surface area (TPSA) is 117 Å². The number of fused-ring (bicyclic) bond motifs is 2. The minimum atomic E-state index is -0.367. The fraction of sp³-hybridized carbons (Fsp3) is 0.588. The normalized spacial score (nSPS) is 26.8. The molecule has 136 valence electrons. The standard InChI is InChI=1S/C17H20N6O3/c24-15-14(10-2-1-3-13(10)20-21-15)16(25)23-6-9-4-5-12(11(9)7-23)19-17-22-18-8-26-17/h8-9,11-12H,1-7H2,(H,19,22)(H,21,24). The number of anilines is 1. The maximum absolute atomic E-state index is 13.1. The molecule has 1 amide bonds. The van der Waals surface area contributed by atoms with Crippen molar-refractivity contribution >= 4 is 11.9 Å². The van der Waals surface area contributed by atoms with Crippen LogP contribution < -0.4 is 10.9 Å². The van der Waals surface area contributed by atoms with Gasteiger partial charge in [0.2, 0.25) is 6.39 Å². The molecule has 2 fully saturated rings. The molecule has 9 heteroatoms. The first-order chi connectivity index (χ1) is 12.7. The lowest BCUT2D eigenvalue weighted by Crippen LogP contribution is -2.37. The number of carbonyl (C=O) groups excluding carboxylic acids is 1. The number of hydrogen-bond donors (Lipinski definition) is 2. The molecule has 9 nitrogen and oxygen atoms in total. The van der Waals surface area contributed by atoms with Gasteiger partial charge in [0.25, 0.3) is 11.5 Å². The number of amides is 1. The third-order valence-corrected chi connectivity index (χ3v) is 6.04. The van der Waals surface area contributed by atoms with Gasteiger partial charge in [-0.2, -0.15) is 5.10 Å². The molecule has 3 heterocycles. The minimum Gasteiger partial charge on any atom is -0.411 e. The Morgan fingerprint density at radius 3 is 3.08 bits per heavy atom. The van der Waals surface area contributed by atoms with E-state index in [0.717, 1.165) is 43.4 Å². The molecule has 2 aliphatic carbocycles. The van der Waals surface area contributed by atoms with Crippen LogP contribution in [0.15, 0.2) is 15.6 Å². The van der Waals surface area contributed by atoms with E-state index in [4.69, 9.17) is 4.42 Å². The van der Waals surface area contributed by atoms with Crippen molar-refractivity contribution in [1.82, 2.24) is 25.3 Å². The highest BCUT2D eigenvalue weighted by Gasteiger charge is 2.45. The van der Waals surface area contributed by atoms with Crippen LogP contribution in [0.3, 0.4) is 0 Å². The van der Waals surface area contributed by atoms with Gasteiger partial charge in [-0.1, -0.05) is 5.10 Å². The zero-order valence-corrected chi connectivity index (χ0v) is 14.3. The predicted molar refractivity (Wildman–Crippen MR) is 90.7 cm³/mol. The van der Waals surface area contributed by atoms with Gasteiger partial charge in [0.05, 0.1) is 5.69 Å². The van der Waals surface area contributed by atoms with Crippen LogP contribution in [0.2, 0.25) is 0 Å². The molecule has 0 radical (unpaired) electrons. The molecular weight excluding hydrogens is 336 g/mol. The van der Waals surface area contributed by atoms with Crippen LogP contribution in [0.25, 0.3) is 0 Å². The van der Waals surface area contributed by atoms with Gasteiger partial charge in [-0.25, -0.2) is 5.10 Å². The molecule has 3 unspecified atom stereocenters. The van der Waals surface area contributed by atoms with Gasteiger partial charge in [0.15, 0.2) is 0 Å². The van der Waals surface area contributed by atoms with Gasteiger partial charge in [0, 0.05) is 25.0 Å². The van der Waals surface area contributed by atoms with Crippen molar-refractivity contribution in [2.24, 2.45) is 11.8 Å². The zero-order chi connectivity index (χ0) is 17.7. The van der Waals surface area contributed by atoms with E-state index in [1.165, 1.54) is 6.39 Å². The molecular formula is C17H20N6O3. The monoisotopic (exact) mass is 356 g/mol. The Morgan fingerprint density at radius 2 is 2.23 bits per heavy atom. The summed E-state index contributed by atoms with van der Waals surface area (Å²) >= 11 is 0. The molecule has 0 aromatic carbocycles. The Morgan fingerprint density at radius 1 is 1.31 bits per heavy atom. The van der Waals surface area contributed by atoms with E-state index in [1.54, 1.807) is 0 Å². The SMILES string of the molecule is O=C(c1c2c(n[nH]c1=O)CCC2)N1CC2CCC(Nc3nnco3)C2C1. The number of aromatic nitrogens is 4. The van der Waals surface area contributed by atoms with Crippen LogP contribution in [0.4, 0.5) is 6.01 Å². The number of aryl methyl sites for hydroxylation is 1. The molecule has 1 aliphatic heterocycles. The first kappa shape index (κ1) is 15.5. The summed E-state index contributed by atoms with van der Waals surface area (Å²) in [6, 6.07) is 0.628. The van der Waals surface area contributed by atoms with Crippen LogP contribution in [-0.2, 0) is 12.8 Å². The van der Waals surface area contributed by atoms with Gasteiger partial charge in [0.1, 0.15) is 5.56 Å². The summed E-state index contributed by atoms with van der Waals surface area (Å²) in [5, 5.41) is 17.5. The molecule has 0 spiro atoms. The number of carbonyl (C=O) groups is 1. The second-order valence-corrected chi connectivity index (χ2v) is 7.41. The fourth-order valence-corrected chi connectivity index (χ4v) is 4.82. The maximum atomic E-state index is 13.1. The quantitative estimate of drug-likeness (QED) is 0.827. The Hall–Kier alpha value is -2.71. The molecule has 3 atom stereocenters. The highest BCUT2D eigenvalue weighted by Crippen LogP contribution is 2.40. The average molecular weight is 356 g/mol. The number of H-pyrrole nitrogens is 1. The summed E-state index contributed by atoms with van der Waals surface area (Å²) in [7, 11) is 0. The first-order valence-electron chi connectivity index (χ1n) is 9.13. The van der Waals surface area contributed by atoms with E-state index in [1.807, 2.05) is 4.90 Å². The third-order valence-electron chi connectivity index (χ3n) is 6.04.